The molecule has 2 N–H and O–H groups in total. The van der Waals surface area contributed by atoms with Gasteiger partial charge in [-0.2, -0.15) is 5.10 Å². The van der Waals surface area contributed by atoms with Gasteiger partial charge in [-0.05, 0) is 24.1 Å². The van der Waals surface area contributed by atoms with E-state index in [2.05, 4.69) is 24.2 Å². The zero-order valence-electron chi connectivity index (χ0n) is 7.91. The molecule has 2 aromatic rings. The average Bonchev–Trinajstić information content (AvgIpc) is 2.46. The van der Waals surface area contributed by atoms with Gasteiger partial charge in [0.2, 0.25) is 0 Å². The second-order valence-electron chi connectivity index (χ2n) is 3.36. The average molecular weight is 175 g/mol. The molecule has 3 heteroatoms. The van der Waals surface area contributed by atoms with Gasteiger partial charge in [-0.1, -0.05) is 6.07 Å². The van der Waals surface area contributed by atoms with Crippen LogP contribution in [0.25, 0.3) is 10.9 Å². The lowest BCUT2D eigenvalue weighted by molar-refractivity contribution is 0.779. The lowest BCUT2D eigenvalue weighted by Gasteiger charge is -1.99. The van der Waals surface area contributed by atoms with Crippen molar-refractivity contribution >= 4 is 10.9 Å². The molecule has 0 aliphatic heterocycles. The quantitative estimate of drug-likeness (QED) is 0.710. The van der Waals surface area contributed by atoms with E-state index in [1.165, 1.54) is 10.9 Å². The van der Waals surface area contributed by atoms with Crippen LogP contribution in [-0.4, -0.2) is 9.78 Å². The largest absolute Gasteiger partial charge is 0.326 e. The fourth-order valence-electron chi connectivity index (χ4n) is 1.62. The summed E-state index contributed by atoms with van der Waals surface area (Å²) in [5.74, 6) is 0. The monoisotopic (exact) mass is 175 g/mol. The normalized spacial score (nSPS) is 11.0. The Morgan fingerprint density at radius 2 is 2.23 bits per heavy atom. The van der Waals surface area contributed by atoms with Crippen molar-refractivity contribution in [2.75, 3.05) is 0 Å². The molecule has 13 heavy (non-hydrogen) atoms. The van der Waals surface area contributed by atoms with Crippen LogP contribution >= 0.6 is 0 Å². The summed E-state index contributed by atoms with van der Waals surface area (Å²) in [6, 6.07) is 4.19. The molecule has 0 radical (unpaired) electrons. The molecule has 0 saturated carbocycles. The van der Waals surface area contributed by atoms with Gasteiger partial charge in [0.05, 0.1) is 5.52 Å². The molecular weight excluding hydrogens is 162 g/mol. The van der Waals surface area contributed by atoms with Crippen molar-refractivity contribution in [2.45, 2.75) is 13.5 Å². The summed E-state index contributed by atoms with van der Waals surface area (Å²) in [5.41, 5.74) is 9.02. The van der Waals surface area contributed by atoms with Crippen LogP contribution in [0.3, 0.4) is 0 Å². The van der Waals surface area contributed by atoms with Crippen LogP contribution in [0.4, 0.5) is 0 Å². The number of nitrogens with zero attached hydrogens (tertiary/aromatic N) is 2. The predicted octanol–water partition coefficient (Wildman–Crippen LogP) is 1.34. The highest BCUT2D eigenvalue weighted by Gasteiger charge is 2.03. The second kappa shape index (κ2) is 2.85. The SMILES string of the molecule is Cc1cc(CN)cc2cn(C)nc12. The first-order valence-corrected chi connectivity index (χ1v) is 4.33. The van der Waals surface area contributed by atoms with Crippen LogP contribution in [0.5, 0.6) is 0 Å². The molecule has 0 bridgehead atoms. The highest BCUT2D eigenvalue weighted by molar-refractivity contribution is 5.82. The molecule has 0 aliphatic carbocycles. The first-order valence-electron chi connectivity index (χ1n) is 4.33. The van der Waals surface area contributed by atoms with Gasteiger partial charge >= 0.3 is 0 Å². The maximum absolute atomic E-state index is 5.59. The van der Waals surface area contributed by atoms with E-state index in [-0.39, 0.29) is 0 Å². The number of hydrogen-bond donors (Lipinski definition) is 1. The molecule has 0 amide bonds. The highest BCUT2D eigenvalue weighted by atomic mass is 15.2. The topological polar surface area (TPSA) is 43.8 Å². The van der Waals surface area contributed by atoms with Crippen LogP contribution in [0.1, 0.15) is 11.1 Å². The van der Waals surface area contributed by atoms with Gasteiger partial charge in [0.25, 0.3) is 0 Å². The molecule has 2 rings (SSSR count). The summed E-state index contributed by atoms with van der Waals surface area (Å²) in [4.78, 5) is 0. The van der Waals surface area contributed by atoms with Crippen LogP contribution in [0.2, 0.25) is 0 Å². The van der Waals surface area contributed by atoms with Gasteiger partial charge in [0.1, 0.15) is 0 Å². The van der Waals surface area contributed by atoms with Gasteiger partial charge in [0, 0.05) is 25.2 Å². The summed E-state index contributed by atoms with van der Waals surface area (Å²) in [5, 5.41) is 5.53. The Hall–Kier alpha value is -1.35. The van der Waals surface area contributed by atoms with E-state index in [9.17, 15) is 0 Å². The minimum Gasteiger partial charge on any atom is -0.326 e. The third kappa shape index (κ3) is 1.31. The number of hydrogen-bond acceptors (Lipinski definition) is 2. The van der Waals surface area contributed by atoms with Gasteiger partial charge in [-0.15, -0.1) is 0 Å². The van der Waals surface area contributed by atoms with Gasteiger partial charge in [-0.3, -0.25) is 4.68 Å². The van der Waals surface area contributed by atoms with E-state index in [4.69, 9.17) is 5.73 Å². The molecule has 0 aliphatic rings. The second-order valence-corrected chi connectivity index (χ2v) is 3.36. The lowest BCUT2D eigenvalue weighted by Crippen LogP contribution is -1.96. The van der Waals surface area contributed by atoms with E-state index >= 15 is 0 Å². The summed E-state index contributed by atoms with van der Waals surface area (Å²) in [6.07, 6.45) is 2.02. The molecule has 1 heterocycles. The van der Waals surface area contributed by atoms with Crippen molar-refractivity contribution in [3.8, 4) is 0 Å². The standard InChI is InChI=1S/C10H13N3/c1-7-3-8(5-11)4-9-6-13(2)12-10(7)9/h3-4,6H,5,11H2,1-2H3. The Balaban J connectivity index is 2.75. The van der Waals surface area contributed by atoms with E-state index in [0.29, 0.717) is 6.54 Å². The van der Waals surface area contributed by atoms with Crippen molar-refractivity contribution < 1.29 is 0 Å². The predicted molar refractivity (Wildman–Crippen MR) is 53.3 cm³/mol. The molecular formula is C10H13N3. The minimum absolute atomic E-state index is 0.589. The van der Waals surface area contributed by atoms with Gasteiger partial charge in [-0.25, -0.2) is 0 Å². The Kier molecular flexibility index (Phi) is 1.81. The Morgan fingerprint density at radius 1 is 1.46 bits per heavy atom. The van der Waals surface area contributed by atoms with Crippen LogP contribution in [-0.2, 0) is 13.6 Å². The number of aromatic nitrogens is 2. The van der Waals surface area contributed by atoms with Crippen LogP contribution in [0.15, 0.2) is 18.3 Å². The summed E-state index contributed by atoms with van der Waals surface area (Å²) in [6.45, 7) is 2.65. The summed E-state index contributed by atoms with van der Waals surface area (Å²) >= 11 is 0. The first-order chi connectivity index (χ1) is 6.20. The van der Waals surface area contributed by atoms with E-state index in [0.717, 1.165) is 11.1 Å². The Labute approximate surface area is 77.2 Å². The smallest absolute Gasteiger partial charge is 0.0952 e. The number of rotatable bonds is 1. The fourth-order valence-corrected chi connectivity index (χ4v) is 1.62. The van der Waals surface area contributed by atoms with Gasteiger partial charge in [0.15, 0.2) is 0 Å². The number of benzene rings is 1. The highest BCUT2D eigenvalue weighted by Crippen LogP contribution is 2.18. The maximum Gasteiger partial charge on any atom is 0.0952 e. The third-order valence-corrected chi connectivity index (χ3v) is 2.21. The fraction of sp³-hybridized carbons (Fsp3) is 0.300. The van der Waals surface area contributed by atoms with Crippen LogP contribution < -0.4 is 5.73 Å². The van der Waals surface area contributed by atoms with Crippen molar-refractivity contribution in [1.82, 2.24) is 9.78 Å². The molecule has 3 nitrogen and oxygen atoms in total. The van der Waals surface area contributed by atoms with Crippen molar-refractivity contribution in [3.63, 3.8) is 0 Å². The molecule has 0 fully saturated rings. The Bertz CT molecular complexity index is 443. The molecule has 1 aromatic heterocycles. The van der Waals surface area contributed by atoms with Gasteiger partial charge < -0.3 is 5.73 Å². The zero-order chi connectivity index (χ0) is 9.42. The molecule has 0 unspecified atom stereocenters. The first kappa shape index (κ1) is 8.26. The zero-order valence-corrected chi connectivity index (χ0v) is 7.91. The Morgan fingerprint density at radius 3 is 2.92 bits per heavy atom. The van der Waals surface area contributed by atoms with Crippen molar-refractivity contribution in [3.05, 3.63) is 29.5 Å². The van der Waals surface area contributed by atoms with Crippen molar-refractivity contribution in [1.29, 1.82) is 0 Å². The number of aryl methyl sites for hydroxylation is 2. The van der Waals surface area contributed by atoms with E-state index < -0.39 is 0 Å². The summed E-state index contributed by atoms with van der Waals surface area (Å²) in [7, 11) is 1.93. The number of nitrogens with two attached hydrogens (primary N) is 1. The van der Waals surface area contributed by atoms with Crippen LogP contribution in [0, 0.1) is 6.92 Å². The third-order valence-electron chi connectivity index (χ3n) is 2.21. The molecule has 0 saturated heterocycles. The lowest BCUT2D eigenvalue weighted by atomic mass is 10.1. The molecule has 68 valence electrons. The number of fused-ring (bicyclic) bond motifs is 1. The molecule has 1 aromatic carbocycles. The summed E-state index contributed by atoms with van der Waals surface area (Å²) < 4.78 is 1.83. The molecule has 0 spiro atoms. The maximum atomic E-state index is 5.59. The minimum atomic E-state index is 0.589. The van der Waals surface area contributed by atoms with E-state index in [1.54, 1.807) is 0 Å². The van der Waals surface area contributed by atoms with Crippen molar-refractivity contribution in [2.24, 2.45) is 12.8 Å². The molecule has 0 atom stereocenters. The van der Waals surface area contributed by atoms with E-state index in [1.807, 2.05) is 17.9 Å².